The van der Waals surface area contributed by atoms with Gasteiger partial charge in [-0.1, -0.05) is 30.3 Å². The third-order valence-electron chi connectivity index (χ3n) is 4.98. The maximum Gasteiger partial charge on any atom is 0.347 e. The molecular weight excluding hydrogens is 398 g/mol. The summed E-state index contributed by atoms with van der Waals surface area (Å²) in [5, 5.41) is 3.65. The molecule has 0 fully saturated rings. The van der Waals surface area contributed by atoms with Gasteiger partial charge in [0.25, 0.3) is 0 Å². The van der Waals surface area contributed by atoms with Crippen LogP contribution in [0.15, 0.2) is 62.2 Å². The van der Waals surface area contributed by atoms with Crippen molar-refractivity contribution in [2.45, 2.75) is 13.5 Å². The largest absolute Gasteiger partial charge is 0.493 e. The second-order valence-electron chi connectivity index (χ2n) is 6.94. The molecule has 7 nitrogen and oxygen atoms in total. The molecule has 0 amide bonds. The highest BCUT2D eigenvalue weighted by Crippen LogP contribution is 2.45. The number of fused-ring (bicyclic) bond motifs is 1. The van der Waals surface area contributed by atoms with Crippen LogP contribution in [0.1, 0.15) is 11.3 Å². The first-order chi connectivity index (χ1) is 15.0. The molecule has 4 rings (SSSR count). The number of hydrogen-bond acceptors (Lipinski definition) is 7. The summed E-state index contributed by atoms with van der Waals surface area (Å²) < 4.78 is 27.8. The molecule has 2 aromatic heterocycles. The van der Waals surface area contributed by atoms with Crippen LogP contribution in [0.3, 0.4) is 0 Å². The molecule has 0 saturated carbocycles. The molecule has 0 aliphatic heterocycles. The van der Waals surface area contributed by atoms with Gasteiger partial charge in [0.05, 0.1) is 26.9 Å². The predicted molar refractivity (Wildman–Crippen MR) is 118 cm³/mol. The maximum absolute atomic E-state index is 12.8. The lowest BCUT2D eigenvalue weighted by atomic mass is 10.0. The molecule has 0 bridgehead atoms. The van der Waals surface area contributed by atoms with Gasteiger partial charge >= 0.3 is 5.63 Å². The highest BCUT2D eigenvalue weighted by atomic mass is 16.5. The molecule has 7 heteroatoms. The van der Waals surface area contributed by atoms with E-state index in [0.29, 0.717) is 57.5 Å². The number of methoxy groups -OCH3 is 3. The fourth-order valence-electron chi connectivity index (χ4n) is 3.57. The molecule has 0 saturated heterocycles. The fourth-order valence-corrected chi connectivity index (χ4v) is 3.57. The summed E-state index contributed by atoms with van der Waals surface area (Å²) in [7, 11) is 4.62. The van der Waals surface area contributed by atoms with Crippen molar-refractivity contribution in [1.82, 2.24) is 0 Å². The molecule has 4 aromatic rings. The van der Waals surface area contributed by atoms with E-state index in [4.69, 9.17) is 23.0 Å². The van der Waals surface area contributed by atoms with E-state index in [9.17, 15) is 4.79 Å². The van der Waals surface area contributed by atoms with Gasteiger partial charge in [0, 0.05) is 12.6 Å². The maximum atomic E-state index is 12.8. The molecule has 2 heterocycles. The Hall–Kier alpha value is -3.87. The van der Waals surface area contributed by atoms with Crippen molar-refractivity contribution in [3.63, 3.8) is 0 Å². The third-order valence-corrected chi connectivity index (χ3v) is 4.98. The molecule has 0 aliphatic rings. The minimum Gasteiger partial charge on any atom is -0.493 e. The van der Waals surface area contributed by atoms with Gasteiger partial charge in [0.15, 0.2) is 11.5 Å². The summed E-state index contributed by atoms with van der Waals surface area (Å²) in [6.07, 6.45) is 0. The number of anilines is 1. The summed E-state index contributed by atoms with van der Waals surface area (Å²) in [4.78, 5) is 12.8. The van der Waals surface area contributed by atoms with Crippen LogP contribution >= 0.6 is 0 Å². The topological polar surface area (TPSA) is 83.1 Å². The lowest BCUT2D eigenvalue weighted by molar-refractivity contribution is 0.324. The Morgan fingerprint density at radius 1 is 0.903 bits per heavy atom. The summed E-state index contributed by atoms with van der Waals surface area (Å²) in [5.74, 6) is 2.32. The SMILES string of the molecule is COc1cc(-c2c(NCc3ccccc3)oc3cc(C)oc(=O)c23)cc(OC)c1OC. The van der Waals surface area contributed by atoms with E-state index in [1.807, 2.05) is 30.3 Å². The first kappa shape index (κ1) is 20.4. The molecule has 31 heavy (non-hydrogen) atoms. The molecular formula is C24H23NO6. The van der Waals surface area contributed by atoms with Gasteiger partial charge in [-0.25, -0.2) is 4.79 Å². The first-order valence-electron chi connectivity index (χ1n) is 9.71. The van der Waals surface area contributed by atoms with Gasteiger partial charge in [-0.2, -0.15) is 0 Å². The van der Waals surface area contributed by atoms with Crippen molar-refractivity contribution in [2.24, 2.45) is 0 Å². The van der Waals surface area contributed by atoms with Crippen LogP contribution < -0.4 is 25.2 Å². The van der Waals surface area contributed by atoms with Gasteiger partial charge in [-0.3, -0.25) is 0 Å². The summed E-state index contributed by atoms with van der Waals surface area (Å²) in [6, 6.07) is 15.2. The van der Waals surface area contributed by atoms with E-state index in [0.717, 1.165) is 5.56 Å². The minimum atomic E-state index is -0.477. The summed E-state index contributed by atoms with van der Waals surface area (Å²) >= 11 is 0. The number of rotatable bonds is 7. The van der Waals surface area contributed by atoms with Crippen LogP contribution in [-0.2, 0) is 6.54 Å². The standard InChI is InChI=1S/C24H23NO6/c1-14-10-17-21(24(26)30-14)20(23(31-17)25-13-15-8-6-5-7-9-15)16-11-18(27-2)22(29-4)19(12-16)28-3/h5-12,25H,13H2,1-4H3. The van der Waals surface area contributed by atoms with Gasteiger partial charge < -0.3 is 28.4 Å². The van der Waals surface area contributed by atoms with Crippen LogP contribution in [0.5, 0.6) is 17.2 Å². The molecule has 0 radical (unpaired) electrons. The molecule has 0 unspecified atom stereocenters. The van der Waals surface area contributed by atoms with Gasteiger partial charge in [0.1, 0.15) is 16.7 Å². The zero-order valence-electron chi connectivity index (χ0n) is 17.8. The smallest absolute Gasteiger partial charge is 0.347 e. The zero-order chi connectivity index (χ0) is 22.0. The summed E-state index contributed by atoms with van der Waals surface area (Å²) in [5.41, 5.74) is 2.27. The normalized spacial score (nSPS) is 10.8. The minimum absolute atomic E-state index is 0.343. The quantitative estimate of drug-likeness (QED) is 0.450. The highest BCUT2D eigenvalue weighted by molar-refractivity contribution is 6.00. The first-order valence-corrected chi connectivity index (χ1v) is 9.71. The van der Waals surface area contributed by atoms with Crippen molar-refractivity contribution in [3.8, 4) is 28.4 Å². The van der Waals surface area contributed by atoms with E-state index in [1.165, 1.54) is 7.11 Å². The van der Waals surface area contributed by atoms with Crippen LogP contribution in [-0.4, -0.2) is 21.3 Å². The molecule has 0 atom stereocenters. The van der Waals surface area contributed by atoms with E-state index in [-0.39, 0.29) is 0 Å². The molecule has 0 spiro atoms. The molecule has 1 N–H and O–H groups in total. The van der Waals surface area contributed by atoms with E-state index >= 15 is 0 Å². The Labute approximate surface area is 179 Å². The third kappa shape index (κ3) is 3.82. The van der Waals surface area contributed by atoms with E-state index in [2.05, 4.69) is 5.32 Å². The van der Waals surface area contributed by atoms with Crippen molar-refractivity contribution in [3.05, 3.63) is 70.3 Å². The average molecular weight is 421 g/mol. The van der Waals surface area contributed by atoms with Crippen molar-refractivity contribution in [2.75, 3.05) is 26.6 Å². The van der Waals surface area contributed by atoms with Crippen LogP contribution in [0.2, 0.25) is 0 Å². The Morgan fingerprint density at radius 3 is 2.19 bits per heavy atom. The van der Waals surface area contributed by atoms with Crippen LogP contribution in [0.4, 0.5) is 5.88 Å². The second kappa shape index (κ2) is 8.47. The molecule has 160 valence electrons. The predicted octanol–water partition coefficient (Wildman–Crippen LogP) is 5.00. The monoisotopic (exact) mass is 421 g/mol. The van der Waals surface area contributed by atoms with Crippen molar-refractivity contribution < 1.29 is 23.0 Å². The number of hydrogen-bond donors (Lipinski definition) is 1. The van der Waals surface area contributed by atoms with Crippen LogP contribution in [0.25, 0.3) is 22.1 Å². The average Bonchev–Trinajstić information content (AvgIpc) is 3.15. The Morgan fingerprint density at radius 2 is 1.58 bits per heavy atom. The van der Waals surface area contributed by atoms with Gasteiger partial charge in [-0.05, 0) is 30.2 Å². The fraction of sp³-hybridized carbons (Fsp3) is 0.208. The van der Waals surface area contributed by atoms with Gasteiger partial charge in [0.2, 0.25) is 11.6 Å². The zero-order valence-corrected chi connectivity index (χ0v) is 17.8. The van der Waals surface area contributed by atoms with Gasteiger partial charge in [-0.15, -0.1) is 0 Å². The molecule has 0 aliphatic carbocycles. The Balaban J connectivity index is 1.92. The second-order valence-corrected chi connectivity index (χ2v) is 6.94. The number of benzene rings is 2. The lowest BCUT2D eigenvalue weighted by Gasteiger charge is -2.14. The van der Waals surface area contributed by atoms with Crippen LogP contribution in [0, 0.1) is 6.92 Å². The Kier molecular flexibility index (Phi) is 5.58. The molecule has 2 aromatic carbocycles. The number of furan rings is 1. The highest BCUT2D eigenvalue weighted by Gasteiger charge is 2.23. The Bertz CT molecular complexity index is 1250. The number of aryl methyl sites for hydroxylation is 1. The lowest BCUT2D eigenvalue weighted by Crippen LogP contribution is -2.03. The summed E-state index contributed by atoms with van der Waals surface area (Å²) in [6.45, 7) is 2.22. The van der Waals surface area contributed by atoms with Crippen molar-refractivity contribution in [1.29, 1.82) is 0 Å². The van der Waals surface area contributed by atoms with Crippen molar-refractivity contribution >= 4 is 16.9 Å². The number of ether oxygens (including phenoxy) is 3. The van der Waals surface area contributed by atoms with E-state index < -0.39 is 5.63 Å². The number of nitrogens with one attached hydrogen (secondary N) is 1. The van der Waals surface area contributed by atoms with E-state index in [1.54, 1.807) is 39.3 Å².